The maximum Gasteiger partial charge on any atom is 0.0563 e. The van der Waals surface area contributed by atoms with Gasteiger partial charge in [0.05, 0.1) is 12.3 Å². The number of para-hydroxylation sites is 1. The van der Waals surface area contributed by atoms with Gasteiger partial charge in [0.15, 0.2) is 0 Å². The average Bonchev–Trinajstić information content (AvgIpc) is 2.89. The molecule has 8 heteroatoms. The van der Waals surface area contributed by atoms with Crippen molar-refractivity contribution in [2.75, 3.05) is 5.73 Å². The molecule has 2 N–H and O–H groups in total. The van der Waals surface area contributed by atoms with Crippen LogP contribution in [-0.4, -0.2) is 18.6 Å². The van der Waals surface area contributed by atoms with Gasteiger partial charge in [-0.05, 0) is 6.42 Å². The summed E-state index contributed by atoms with van der Waals surface area (Å²) < 4.78 is 4.64. The molecule has 0 bridgehead atoms. The quantitative estimate of drug-likeness (QED) is 0.319. The third kappa shape index (κ3) is 18.5. The Morgan fingerprint density at radius 2 is 1.77 bits per heavy atom. The molecule has 0 amide bonds. The monoisotopic (exact) mass is 583 g/mol. The summed E-state index contributed by atoms with van der Waals surface area (Å²) >= 11 is 0. The smallest absolute Gasteiger partial charge is 0.0563 e. The first kappa shape index (κ1) is 38.2. The van der Waals surface area contributed by atoms with E-state index in [4.69, 9.17) is 5.73 Å². The number of anilines is 1. The SMILES string of the molecule is CC.CCc1nn[c-]o1.[B].[CH2-]c1ccccc1N.[CH3-].[V].[W].[Y]. The molecule has 0 spiro atoms. The first-order chi connectivity index (χ1) is 8.24. The van der Waals surface area contributed by atoms with Crippen LogP contribution in [0.2, 0.25) is 0 Å². The Morgan fingerprint density at radius 3 is 2.00 bits per heavy atom. The normalized spacial score (nSPS) is 6.50. The second-order valence-electron chi connectivity index (χ2n) is 2.84. The molecule has 1 aromatic heterocycles. The van der Waals surface area contributed by atoms with Crippen LogP contribution < -0.4 is 5.73 Å². The maximum absolute atomic E-state index is 5.46. The molecule has 1 aromatic carbocycles. The molecular weight excluding hydrogens is 561 g/mol. The van der Waals surface area contributed by atoms with E-state index in [2.05, 4.69) is 27.9 Å². The molecule has 22 heavy (non-hydrogen) atoms. The van der Waals surface area contributed by atoms with Crippen LogP contribution in [0.15, 0.2) is 28.7 Å². The molecule has 1 heterocycles. The summed E-state index contributed by atoms with van der Waals surface area (Å²) in [4.78, 5) is 0. The Morgan fingerprint density at radius 1 is 1.27 bits per heavy atom. The van der Waals surface area contributed by atoms with Gasteiger partial charge >= 0.3 is 0 Å². The summed E-state index contributed by atoms with van der Waals surface area (Å²) in [7, 11) is 0. The molecule has 0 aliphatic rings. The molecular formula is C14H22BN3OVWY-3. The largest absolute Gasteiger partial charge is 0.613 e. The van der Waals surface area contributed by atoms with E-state index in [1.807, 2.05) is 45.0 Å². The van der Waals surface area contributed by atoms with Crippen LogP contribution in [0.5, 0.6) is 0 Å². The second-order valence-corrected chi connectivity index (χ2v) is 2.84. The van der Waals surface area contributed by atoms with E-state index in [1.165, 1.54) is 0 Å². The predicted octanol–water partition coefficient (Wildman–Crippen LogP) is 2.97. The third-order valence-electron chi connectivity index (χ3n) is 1.72. The summed E-state index contributed by atoms with van der Waals surface area (Å²) in [5.74, 6) is 0.639. The van der Waals surface area contributed by atoms with Crippen molar-refractivity contribution in [3.8, 4) is 0 Å². The summed E-state index contributed by atoms with van der Waals surface area (Å²) in [6, 6.07) is 7.53. The van der Waals surface area contributed by atoms with Crippen LogP contribution in [0.25, 0.3) is 0 Å². The van der Waals surface area contributed by atoms with E-state index >= 15 is 0 Å². The zero-order chi connectivity index (χ0) is 13.1. The van der Waals surface area contributed by atoms with E-state index < -0.39 is 0 Å². The minimum atomic E-state index is 0. The number of hydrogen-bond acceptors (Lipinski definition) is 4. The number of nitrogens with zero attached hydrogens (tertiary/aromatic N) is 2. The standard InChI is InChI=1S/C7H8N.C4H5N2O.C2H6.CH3.B.V.W.Y/c1-6-4-2-3-5-7(6)8;1-2-4-6-5-3-7-4;1-2;;;;;/h2-5H,1,8H2;2H2,1H3;1-2H3;1H3;;;;/q2*-1;;-1;;;;. The number of nitrogens with two attached hydrogens (primary N) is 1. The topological polar surface area (TPSA) is 64.9 Å². The van der Waals surface area contributed by atoms with Crippen molar-refractivity contribution in [2.45, 2.75) is 27.2 Å². The van der Waals surface area contributed by atoms with Gasteiger partial charge < -0.3 is 17.6 Å². The summed E-state index contributed by atoms with van der Waals surface area (Å²) in [6.07, 6.45) is 3.03. The molecule has 2 aromatic rings. The minimum Gasteiger partial charge on any atom is -0.613 e. The van der Waals surface area contributed by atoms with Gasteiger partial charge in [-0.2, -0.15) is 18.6 Å². The van der Waals surface area contributed by atoms with Gasteiger partial charge in [0.25, 0.3) is 0 Å². The van der Waals surface area contributed by atoms with Crippen molar-refractivity contribution in [3.05, 3.63) is 56.5 Å². The first-order valence-corrected chi connectivity index (χ1v) is 5.59. The number of aryl methyl sites for hydroxylation is 1. The fourth-order valence-electron chi connectivity index (χ4n) is 0.847. The number of hydrogen-bond donors (Lipinski definition) is 1. The van der Waals surface area contributed by atoms with Gasteiger partial charge in [-0.15, -0.1) is 6.07 Å². The molecule has 0 aliphatic heterocycles. The van der Waals surface area contributed by atoms with E-state index in [9.17, 15) is 0 Å². The predicted molar refractivity (Wildman–Crippen MR) is 81.3 cm³/mol. The van der Waals surface area contributed by atoms with Crippen molar-refractivity contribution < 1.29 is 76.7 Å². The fraction of sp³-hybridized carbons (Fsp3) is 0.286. The van der Waals surface area contributed by atoms with E-state index in [-0.39, 0.29) is 88.2 Å². The Bertz CT molecular complexity index is 388. The minimum absolute atomic E-state index is 0. The second kappa shape index (κ2) is 26.4. The van der Waals surface area contributed by atoms with E-state index in [0.717, 1.165) is 17.7 Å². The number of nitrogen functional groups attached to an aromatic ring is 1. The summed E-state index contributed by atoms with van der Waals surface area (Å²) in [5, 5.41) is 6.91. The van der Waals surface area contributed by atoms with E-state index in [1.54, 1.807) is 0 Å². The molecule has 2 rings (SSSR count). The maximum atomic E-state index is 5.46. The van der Waals surface area contributed by atoms with Crippen LogP contribution in [0.1, 0.15) is 32.2 Å². The molecule has 119 valence electrons. The van der Waals surface area contributed by atoms with Gasteiger partial charge in [0.2, 0.25) is 0 Å². The van der Waals surface area contributed by atoms with Crippen molar-refractivity contribution in [3.63, 3.8) is 0 Å². The summed E-state index contributed by atoms with van der Waals surface area (Å²) in [6.45, 7) is 9.64. The molecule has 0 fully saturated rings. The average molecular weight is 583 g/mol. The van der Waals surface area contributed by atoms with Crippen molar-refractivity contribution in [1.82, 2.24) is 10.2 Å². The molecule has 0 saturated heterocycles. The molecule has 0 saturated carbocycles. The molecule has 0 atom stereocenters. The van der Waals surface area contributed by atoms with Crippen LogP contribution in [0, 0.1) is 20.7 Å². The van der Waals surface area contributed by atoms with Gasteiger partial charge in [0.1, 0.15) is 0 Å². The first-order valence-electron chi connectivity index (χ1n) is 5.59. The van der Waals surface area contributed by atoms with Crippen molar-refractivity contribution in [1.29, 1.82) is 0 Å². The Balaban J connectivity index is -0.0000000435. The van der Waals surface area contributed by atoms with Gasteiger partial charge in [0, 0.05) is 80.7 Å². The van der Waals surface area contributed by atoms with Crippen LogP contribution in [-0.2, 0) is 78.8 Å². The molecule has 4 nitrogen and oxygen atoms in total. The molecule has 0 unspecified atom stereocenters. The van der Waals surface area contributed by atoms with Gasteiger partial charge in [-0.25, -0.2) is 10.2 Å². The number of aromatic nitrogens is 2. The summed E-state index contributed by atoms with van der Waals surface area (Å²) in [5.41, 5.74) is 7.11. The third-order valence-corrected chi connectivity index (χ3v) is 1.72. The number of benzene rings is 1. The zero-order valence-corrected chi connectivity index (χ0v) is 20.8. The fourth-order valence-corrected chi connectivity index (χ4v) is 0.847. The molecule has 0 aliphatic carbocycles. The molecule has 5 radical (unpaired) electrons. The van der Waals surface area contributed by atoms with Gasteiger partial charge in [-0.3, -0.25) is 0 Å². The van der Waals surface area contributed by atoms with E-state index in [0.29, 0.717) is 5.89 Å². The van der Waals surface area contributed by atoms with Crippen molar-refractivity contribution in [2.24, 2.45) is 0 Å². The Kier molecular flexibility index (Phi) is 45.8. The zero-order valence-electron chi connectivity index (χ0n) is 13.6. The van der Waals surface area contributed by atoms with Gasteiger partial charge in [-0.1, -0.05) is 38.6 Å². The van der Waals surface area contributed by atoms with Crippen LogP contribution in [0.4, 0.5) is 5.69 Å². The van der Waals surface area contributed by atoms with Crippen LogP contribution >= 0.6 is 0 Å². The Hall–Kier alpha value is 0.472. The number of rotatable bonds is 1. The Labute approximate surface area is 188 Å². The van der Waals surface area contributed by atoms with Crippen LogP contribution in [0.3, 0.4) is 0 Å². The van der Waals surface area contributed by atoms with Crippen molar-refractivity contribution >= 4 is 14.1 Å².